The highest BCUT2D eigenvalue weighted by Gasteiger charge is 2.29. The number of halogens is 1. The maximum Gasteiger partial charge on any atom is 0.271 e. The highest BCUT2D eigenvalue weighted by molar-refractivity contribution is 6.24. The number of rotatable bonds is 5. The average molecular weight is 423 g/mol. The van der Waals surface area contributed by atoms with Crippen molar-refractivity contribution in [3.05, 3.63) is 113 Å². The molecule has 156 valence electrons. The first-order valence-electron chi connectivity index (χ1n) is 10.1. The minimum absolute atomic E-state index is 0.0268. The van der Waals surface area contributed by atoms with Crippen molar-refractivity contribution in [2.75, 3.05) is 4.90 Å². The summed E-state index contributed by atoms with van der Waals surface area (Å²) in [5, 5.41) is 5.84. The van der Waals surface area contributed by atoms with E-state index in [1.54, 1.807) is 35.2 Å². The lowest BCUT2D eigenvalue weighted by molar-refractivity contribution is 0.0953. The molecule has 4 aromatic carbocycles. The Morgan fingerprint density at radius 3 is 2.47 bits per heavy atom. The molecule has 0 aromatic heterocycles. The maximum atomic E-state index is 13.6. The van der Waals surface area contributed by atoms with Gasteiger partial charge >= 0.3 is 0 Å². The second-order valence-electron chi connectivity index (χ2n) is 7.49. The molecule has 0 saturated heterocycles. The standard InChI is InChI=1S/C26H18FN3O2/c27-22-9-2-1-5-20(22)15-28-29-25(31)19-13-11-17(12-14-19)16-30-23-10-4-7-18-6-3-8-21(24(18)23)26(30)32/h1-15H,16H2,(H,29,31). The van der Waals surface area contributed by atoms with Crippen molar-refractivity contribution in [1.29, 1.82) is 0 Å². The van der Waals surface area contributed by atoms with E-state index in [-0.39, 0.29) is 11.5 Å². The zero-order valence-corrected chi connectivity index (χ0v) is 17.0. The first kappa shape index (κ1) is 19.6. The Morgan fingerprint density at radius 1 is 0.938 bits per heavy atom. The summed E-state index contributed by atoms with van der Waals surface area (Å²) in [5.74, 6) is -0.844. The number of carbonyl (C=O) groups excluding carboxylic acids is 2. The van der Waals surface area contributed by atoms with E-state index in [4.69, 9.17) is 0 Å². The van der Waals surface area contributed by atoms with Crippen molar-refractivity contribution < 1.29 is 14.0 Å². The van der Waals surface area contributed by atoms with Gasteiger partial charge in [0.1, 0.15) is 5.82 Å². The summed E-state index contributed by atoms with van der Waals surface area (Å²) >= 11 is 0. The van der Waals surface area contributed by atoms with Gasteiger partial charge in [0, 0.05) is 22.1 Å². The molecule has 1 aliphatic heterocycles. The molecule has 2 amide bonds. The van der Waals surface area contributed by atoms with Crippen LogP contribution in [0.5, 0.6) is 0 Å². The molecular weight excluding hydrogens is 405 g/mol. The fourth-order valence-corrected chi connectivity index (χ4v) is 3.89. The molecule has 32 heavy (non-hydrogen) atoms. The molecule has 0 unspecified atom stereocenters. The molecule has 0 fully saturated rings. The predicted octanol–water partition coefficient (Wildman–Crippen LogP) is 4.90. The first-order chi connectivity index (χ1) is 15.6. The number of hydrogen-bond donors (Lipinski definition) is 1. The highest BCUT2D eigenvalue weighted by atomic mass is 19.1. The lowest BCUT2D eigenvalue weighted by atomic mass is 10.1. The highest BCUT2D eigenvalue weighted by Crippen LogP contribution is 2.37. The van der Waals surface area contributed by atoms with Crippen LogP contribution in [0.4, 0.5) is 10.1 Å². The van der Waals surface area contributed by atoms with E-state index in [2.05, 4.69) is 10.5 Å². The molecule has 0 bridgehead atoms. The summed E-state index contributed by atoms with van der Waals surface area (Å²) in [5.41, 5.74) is 5.60. The number of amides is 2. The molecule has 5 nitrogen and oxygen atoms in total. The Kier molecular flexibility index (Phi) is 4.95. The van der Waals surface area contributed by atoms with Crippen LogP contribution in [0.1, 0.15) is 31.8 Å². The Morgan fingerprint density at radius 2 is 1.69 bits per heavy atom. The van der Waals surface area contributed by atoms with Gasteiger partial charge in [-0.05, 0) is 41.3 Å². The van der Waals surface area contributed by atoms with Crippen LogP contribution in [0.3, 0.4) is 0 Å². The monoisotopic (exact) mass is 423 g/mol. The van der Waals surface area contributed by atoms with Gasteiger partial charge in [-0.3, -0.25) is 9.59 Å². The lowest BCUT2D eigenvalue weighted by Gasteiger charge is -2.18. The second-order valence-corrected chi connectivity index (χ2v) is 7.49. The Hall–Kier alpha value is -4.32. The third-order valence-corrected chi connectivity index (χ3v) is 5.48. The number of benzene rings is 4. The van der Waals surface area contributed by atoms with E-state index in [9.17, 15) is 14.0 Å². The number of nitrogens with zero attached hydrogens (tertiary/aromatic N) is 2. The van der Waals surface area contributed by atoms with Gasteiger partial charge in [0.25, 0.3) is 11.8 Å². The number of nitrogens with one attached hydrogen (secondary N) is 1. The zero-order valence-electron chi connectivity index (χ0n) is 17.0. The second kappa shape index (κ2) is 8.07. The van der Waals surface area contributed by atoms with Crippen LogP contribution < -0.4 is 10.3 Å². The molecule has 1 aliphatic rings. The van der Waals surface area contributed by atoms with Gasteiger partial charge in [-0.1, -0.05) is 54.6 Å². The van der Waals surface area contributed by atoms with Crippen molar-refractivity contribution >= 4 is 34.5 Å². The molecule has 0 aliphatic carbocycles. The number of hydrazone groups is 1. The molecule has 0 saturated carbocycles. The summed E-state index contributed by atoms with van der Waals surface area (Å²) in [6, 6.07) is 24.8. The van der Waals surface area contributed by atoms with Gasteiger partial charge in [-0.25, -0.2) is 9.82 Å². The fraction of sp³-hybridized carbons (Fsp3) is 0.0385. The molecular formula is C26H18FN3O2. The third-order valence-electron chi connectivity index (χ3n) is 5.48. The van der Waals surface area contributed by atoms with Gasteiger partial charge in [-0.2, -0.15) is 5.10 Å². The summed E-state index contributed by atoms with van der Waals surface area (Å²) in [4.78, 5) is 27.0. The van der Waals surface area contributed by atoms with Crippen molar-refractivity contribution in [1.82, 2.24) is 5.43 Å². The van der Waals surface area contributed by atoms with Crippen molar-refractivity contribution in [2.45, 2.75) is 6.54 Å². The molecule has 1 heterocycles. The normalized spacial score (nSPS) is 12.7. The van der Waals surface area contributed by atoms with Crippen LogP contribution in [-0.4, -0.2) is 18.0 Å². The zero-order chi connectivity index (χ0) is 22.1. The Balaban J connectivity index is 1.29. The third kappa shape index (κ3) is 3.52. The van der Waals surface area contributed by atoms with Gasteiger partial charge in [-0.15, -0.1) is 0 Å². The van der Waals surface area contributed by atoms with E-state index in [0.717, 1.165) is 22.0 Å². The quantitative estimate of drug-likeness (QED) is 0.367. The summed E-state index contributed by atoms with van der Waals surface area (Å²) in [7, 11) is 0. The summed E-state index contributed by atoms with van der Waals surface area (Å²) in [6.45, 7) is 0.403. The number of anilines is 1. The topological polar surface area (TPSA) is 61.8 Å². The molecule has 1 N–H and O–H groups in total. The van der Waals surface area contributed by atoms with E-state index in [1.807, 2.05) is 48.5 Å². The Bertz CT molecular complexity index is 1370. The van der Waals surface area contributed by atoms with Crippen LogP contribution >= 0.6 is 0 Å². The predicted molar refractivity (Wildman–Crippen MR) is 122 cm³/mol. The SMILES string of the molecule is O=C(NN=Cc1ccccc1F)c1ccc(CN2C(=O)c3cccc4cccc2c34)cc1. The smallest absolute Gasteiger partial charge is 0.271 e. The minimum atomic E-state index is -0.413. The number of carbonyl (C=O) groups is 2. The van der Waals surface area contributed by atoms with Crippen LogP contribution in [0.25, 0.3) is 10.8 Å². The maximum absolute atomic E-state index is 13.6. The van der Waals surface area contributed by atoms with Gasteiger partial charge < -0.3 is 4.90 Å². The fourth-order valence-electron chi connectivity index (χ4n) is 3.89. The average Bonchev–Trinajstić information content (AvgIpc) is 3.09. The lowest BCUT2D eigenvalue weighted by Crippen LogP contribution is -2.26. The van der Waals surface area contributed by atoms with E-state index < -0.39 is 11.7 Å². The molecule has 0 radical (unpaired) electrons. The minimum Gasteiger partial charge on any atom is -0.303 e. The van der Waals surface area contributed by atoms with Gasteiger partial charge in [0.05, 0.1) is 18.4 Å². The molecule has 6 heteroatoms. The molecule has 0 atom stereocenters. The molecule has 0 spiro atoms. The largest absolute Gasteiger partial charge is 0.303 e. The summed E-state index contributed by atoms with van der Waals surface area (Å²) < 4.78 is 13.6. The van der Waals surface area contributed by atoms with E-state index >= 15 is 0 Å². The van der Waals surface area contributed by atoms with Crippen molar-refractivity contribution in [2.24, 2.45) is 5.10 Å². The number of hydrogen-bond acceptors (Lipinski definition) is 3. The molecule has 4 aromatic rings. The first-order valence-corrected chi connectivity index (χ1v) is 10.1. The molecule has 5 rings (SSSR count). The van der Waals surface area contributed by atoms with Crippen LogP contribution in [0.2, 0.25) is 0 Å². The van der Waals surface area contributed by atoms with E-state index in [0.29, 0.717) is 17.7 Å². The van der Waals surface area contributed by atoms with Gasteiger partial charge in [0.15, 0.2) is 0 Å². The van der Waals surface area contributed by atoms with Crippen LogP contribution in [0.15, 0.2) is 90.0 Å². The van der Waals surface area contributed by atoms with Crippen molar-refractivity contribution in [3.8, 4) is 0 Å². The van der Waals surface area contributed by atoms with Gasteiger partial charge in [0.2, 0.25) is 0 Å². The summed E-state index contributed by atoms with van der Waals surface area (Å²) in [6.07, 6.45) is 1.26. The van der Waals surface area contributed by atoms with Crippen LogP contribution in [-0.2, 0) is 6.54 Å². The van der Waals surface area contributed by atoms with Crippen molar-refractivity contribution in [3.63, 3.8) is 0 Å². The Labute approximate surface area is 183 Å². The van der Waals surface area contributed by atoms with E-state index in [1.165, 1.54) is 12.3 Å². The van der Waals surface area contributed by atoms with Crippen LogP contribution in [0, 0.1) is 5.82 Å².